The van der Waals surface area contributed by atoms with Crippen LogP contribution in [0.4, 0.5) is 0 Å². The van der Waals surface area contributed by atoms with Crippen molar-refractivity contribution in [2.45, 2.75) is 6.54 Å². The predicted octanol–water partition coefficient (Wildman–Crippen LogP) is 3.36. The van der Waals surface area contributed by atoms with Gasteiger partial charge in [-0.15, -0.1) is 0 Å². The van der Waals surface area contributed by atoms with Crippen LogP contribution in [0.15, 0.2) is 60.7 Å². The molecule has 1 heterocycles. The molecule has 0 radical (unpaired) electrons. The normalized spacial score (nSPS) is 10.6. The van der Waals surface area contributed by atoms with Gasteiger partial charge >= 0.3 is 0 Å². The fraction of sp³-hybridized carbons (Fsp3) is 0.136. The average molecular weight is 394 g/mol. The molecule has 0 aliphatic rings. The smallest absolute Gasteiger partial charge is 0.168 e. The summed E-state index contributed by atoms with van der Waals surface area (Å²) in [6, 6.07) is 18.4. The van der Waals surface area contributed by atoms with Crippen LogP contribution in [0.25, 0.3) is 22.4 Å². The van der Waals surface area contributed by atoms with E-state index in [2.05, 4.69) is 0 Å². The van der Waals surface area contributed by atoms with E-state index < -0.39 is 0 Å². The maximum atomic E-state index is 10.6. The fourth-order valence-electron chi connectivity index (χ4n) is 3.34. The van der Waals surface area contributed by atoms with E-state index in [0.29, 0.717) is 35.0 Å². The van der Waals surface area contributed by atoms with Gasteiger partial charge in [0.1, 0.15) is 5.82 Å². The molecular weight excluding hydrogens is 372 g/mol. The van der Waals surface area contributed by atoms with Crippen molar-refractivity contribution < 1.29 is 25.2 Å². The molecule has 3 aromatic carbocycles. The summed E-state index contributed by atoms with van der Waals surface area (Å²) < 4.78 is 12.4. The van der Waals surface area contributed by atoms with Gasteiger partial charge in [0.05, 0.1) is 37.4 Å². The third kappa shape index (κ3) is 3.43. The Morgan fingerprint density at radius 3 is 2.21 bits per heavy atom. The average Bonchev–Trinajstić information content (AvgIpc) is 3.08. The lowest BCUT2D eigenvalue weighted by atomic mass is 10.1. The molecule has 4 rings (SSSR count). The van der Waals surface area contributed by atoms with Crippen LogP contribution in [0.1, 0.15) is 5.56 Å². The van der Waals surface area contributed by atoms with Crippen molar-refractivity contribution in [3.63, 3.8) is 0 Å². The predicted molar refractivity (Wildman–Crippen MR) is 111 cm³/mol. The molecule has 0 aliphatic heterocycles. The highest BCUT2D eigenvalue weighted by Crippen LogP contribution is 2.38. The molecule has 4 N–H and O–H groups in total. The van der Waals surface area contributed by atoms with Gasteiger partial charge in [0.25, 0.3) is 0 Å². The third-order valence-corrected chi connectivity index (χ3v) is 4.75. The maximum absolute atomic E-state index is 10.6. The molecule has 0 fully saturated rings. The van der Waals surface area contributed by atoms with Crippen LogP contribution in [0, 0.1) is 0 Å². The van der Waals surface area contributed by atoms with Crippen molar-refractivity contribution >= 4 is 11.0 Å². The number of ether oxygens (including phenoxy) is 2. The molecule has 150 valence electrons. The van der Waals surface area contributed by atoms with Crippen LogP contribution in [-0.4, -0.2) is 39.5 Å². The number of hydrogen-bond donors (Lipinski definition) is 2. The number of nitrogens with zero attached hydrogens (tertiary/aromatic N) is 2. The molecule has 0 unspecified atom stereocenters. The summed E-state index contributed by atoms with van der Waals surface area (Å²) in [6.07, 6.45) is 0. The van der Waals surface area contributed by atoms with Gasteiger partial charge < -0.3 is 29.7 Å². The number of methoxy groups -OCH3 is 2. The molecule has 0 atom stereocenters. The zero-order chi connectivity index (χ0) is 19.7. The zero-order valence-electron chi connectivity index (χ0n) is 16.1. The SMILES string of the molecule is COc1cccc(Cn2c(-c3cccc(OC)c3O)nc3ccccc32)c1O.O. The third-order valence-electron chi connectivity index (χ3n) is 4.75. The molecule has 0 bridgehead atoms. The number of para-hydroxylation sites is 4. The van der Waals surface area contributed by atoms with Gasteiger partial charge in [-0.2, -0.15) is 0 Å². The van der Waals surface area contributed by atoms with Gasteiger partial charge in [-0.3, -0.25) is 0 Å². The van der Waals surface area contributed by atoms with Crippen molar-refractivity contribution in [2.24, 2.45) is 0 Å². The minimum absolute atomic E-state index is 0. The number of benzene rings is 3. The van der Waals surface area contributed by atoms with Gasteiger partial charge in [-0.1, -0.05) is 30.3 Å². The second-order valence-corrected chi connectivity index (χ2v) is 6.33. The van der Waals surface area contributed by atoms with Crippen molar-refractivity contribution in [2.75, 3.05) is 14.2 Å². The first-order valence-corrected chi connectivity index (χ1v) is 8.80. The highest BCUT2D eigenvalue weighted by atomic mass is 16.5. The van der Waals surface area contributed by atoms with Crippen LogP contribution in [0.2, 0.25) is 0 Å². The van der Waals surface area contributed by atoms with Crippen LogP contribution in [0.3, 0.4) is 0 Å². The first-order chi connectivity index (χ1) is 13.6. The Labute approximate surface area is 167 Å². The summed E-state index contributed by atoms with van der Waals surface area (Å²) in [6.45, 7) is 0.357. The van der Waals surface area contributed by atoms with Crippen molar-refractivity contribution in [3.8, 4) is 34.4 Å². The lowest BCUT2D eigenvalue weighted by Gasteiger charge is -2.14. The fourth-order valence-corrected chi connectivity index (χ4v) is 3.34. The summed E-state index contributed by atoms with van der Waals surface area (Å²) in [5.74, 6) is 1.48. The first kappa shape index (κ1) is 20.0. The molecule has 1 aromatic heterocycles. The monoisotopic (exact) mass is 394 g/mol. The van der Waals surface area contributed by atoms with E-state index in [4.69, 9.17) is 14.5 Å². The Hall–Kier alpha value is -3.71. The minimum atomic E-state index is 0. The van der Waals surface area contributed by atoms with Gasteiger partial charge in [0.15, 0.2) is 23.0 Å². The largest absolute Gasteiger partial charge is 0.504 e. The van der Waals surface area contributed by atoms with Crippen LogP contribution < -0.4 is 9.47 Å². The van der Waals surface area contributed by atoms with E-state index in [1.807, 2.05) is 41.0 Å². The number of rotatable bonds is 5. The molecule has 0 spiro atoms. The summed E-state index contributed by atoms with van der Waals surface area (Å²) in [5, 5.41) is 21.2. The Kier molecular flexibility index (Phi) is 5.61. The highest BCUT2D eigenvalue weighted by molar-refractivity contribution is 5.82. The number of fused-ring (bicyclic) bond motifs is 1. The second-order valence-electron chi connectivity index (χ2n) is 6.33. The number of phenolic OH excluding ortho intramolecular Hbond substituents is 2. The molecule has 0 saturated carbocycles. The van der Waals surface area contributed by atoms with Gasteiger partial charge in [0, 0.05) is 5.56 Å². The number of phenols is 2. The number of hydrogen-bond acceptors (Lipinski definition) is 5. The van der Waals surface area contributed by atoms with E-state index in [1.165, 1.54) is 14.2 Å². The molecule has 7 nitrogen and oxygen atoms in total. The summed E-state index contributed by atoms with van der Waals surface area (Å²) in [7, 11) is 3.03. The molecule has 0 saturated heterocycles. The Morgan fingerprint density at radius 1 is 0.828 bits per heavy atom. The second kappa shape index (κ2) is 8.12. The summed E-state index contributed by atoms with van der Waals surface area (Å²) in [4.78, 5) is 4.72. The summed E-state index contributed by atoms with van der Waals surface area (Å²) >= 11 is 0. The number of aromatic hydroxyl groups is 2. The Morgan fingerprint density at radius 2 is 1.48 bits per heavy atom. The topological polar surface area (TPSA) is 108 Å². The lowest BCUT2D eigenvalue weighted by Crippen LogP contribution is -2.03. The summed E-state index contributed by atoms with van der Waals surface area (Å²) in [5.41, 5.74) is 2.92. The van der Waals surface area contributed by atoms with Gasteiger partial charge in [0.2, 0.25) is 0 Å². The number of aromatic nitrogens is 2. The van der Waals surface area contributed by atoms with E-state index in [0.717, 1.165) is 11.0 Å². The van der Waals surface area contributed by atoms with Crippen molar-refractivity contribution in [3.05, 3.63) is 66.2 Å². The maximum Gasteiger partial charge on any atom is 0.168 e. The number of imidazole rings is 1. The molecule has 7 heteroatoms. The Bertz CT molecular complexity index is 1150. The van der Waals surface area contributed by atoms with Crippen molar-refractivity contribution in [1.82, 2.24) is 9.55 Å². The van der Waals surface area contributed by atoms with Gasteiger partial charge in [-0.25, -0.2) is 4.98 Å². The Balaban J connectivity index is 0.00000240. The van der Waals surface area contributed by atoms with Crippen molar-refractivity contribution in [1.29, 1.82) is 0 Å². The van der Waals surface area contributed by atoms with E-state index in [-0.39, 0.29) is 17.0 Å². The first-order valence-electron chi connectivity index (χ1n) is 8.80. The minimum Gasteiger partial charge on any atom is -0.504 e. The molecule has 29 heavy (non-hydrogen) atoms. The van der Waals surface area contributed by atoms with E-state index in [9.17, 15) is 10.2 Å². The quantitative estimate of drug-likeness (QED) is 0.540. The zero-order valence-corrected chi connectivity index (χ0v) is 16.1. The molecule has 0 amide bonds. The molecule has 0 aliphatic carbocycles. The van der Waals surface area contributed by atoms with E-state index in [1.54, 1.807) is 24.3 Å². The van der Waals surface area contributed by atoms with Crippen LogP contribution >= 0.6 is 0 Å². The highest BCUT2D eigenvalue weighted by Gasteiger charge is 2.19. The molecule has 4 aromatic rings. The molecular formula is C22H22N2O5. The lowest BCUT2D eigenvalue weighted by molar-refractivity contribution is 0.370. The van der Waals surface area contributed by atoms with Crippen LogP contribution in [-0.2, 0) is 6.54 Å². The standard InChI is InChI=1S/C22H20N2O4.H2O/c1-27-18-11-5-7-14(20(18)25)13-24-17-10-4-3-9-16(17)23-22(24)15-8-6-12-19(28-2)21(15)26;/h3-12,25-26H,13H2,1-2H3;1H2. The van der Waals surface area contributed by atoms with E-state index >= 15 is 0 Å². The van der Waals surface area contributed by atoms with Gasteiger partial charge in [-0.05, 0) is 30.3 Å². The van der Waals surface area contributed by atoms with Crippen LogP contribution in [0.5, 0.6) is 23.0 Å².